The van der Waals surface area contributed by atoms with Crippen molar-refractivity contribution in [2.24, 2.45) is 0 Å². The van der Waals surface area contributed by atoms with Crippen LogP contribution in [0.2, 0.25) is 0 Å². The van der Waals surface area contributed by atoms with Gasteiger partial charge in [0.2, 0.25) is 0 Å². The molecule has 4 nitrogen and oxygen atoms in total. The Labute approximate surface area is 110 Å². The Morgan fingerprint density at radius 2 is 1.58 bits per heavy atom. The molecule has 0 saturated heterocycles. The standard InChI is InChI=1S/C15H14N2O2/c18-14(7-5-12-3-1-9-16-12)11-15(19)8-6-13-4-2-10-17-13/h1-11,16-18H/b7-5+,8-6+,14-11-. The number of hydrogen-bond acceptors (Lipinski definition) is 2. The van der Waals surface area contributed by atoms with E-state index >= 15 is 0 Å². The number of rotatable bonds is 5. The van der Waals surface area contributed by atoms with Gasteiger partial charge in [0.15, 0.2) is 5.78 Å². The van der Waals surface area contributed by atoms with E-state index in [9.17, 15) is 9.90 Å². The first-order chi connectivity index (χ1) is 9.24. The number of carbonyl (C=O) groups is 1. The van der Waals surface area contributed by atoms with Gasteiger partial charge in [-0.05, 0) is 48.6 Å². The molecule has 0 bridgehead atoms. The third kappa shape index (κ3) is 4.20. The lowest BCUT2D eigenvalue weighted by Gasteiger charge is -1.90. The summed E-state index contributed by atoms with van der Waals surface area (Å²) in [7, 11) is 0. The summed E-state index contributed by atoms with van der Waals surface area (Å²) in [6, 6.07) is 7.40. The minimum absolute atomic E-state index is 0.0873. The van der Waals surface area contributed by atoms with E-state index in [1.807, 2.05) is 24.3 Å². The van der Waals surface area contributed by atoms with Crippen LogP contribution in [-0.2, 0) is 4.79 Å². The van der Waals surface area contributed by atoms with Gasteiger partial charge < -0.3 is 15.1 Å². The predicted octanol–water partition coefficient (Wildman–Crippen LogP) is 3.08. The Kier molecular flexibility index (Phi) is 4.18. The molecular weight excluding hydrogens is 240 g/mol. The van der Waals surface area contributed by atoms with E-state index in [-0.39, 0.29) is 11.5 Å². The summed E-state index contributed by atoms with van der Waals surface area (Å²) in [6.45, 7) is 0. The van der Waals surface area contributed by atoms with Crippen molar-refractivity contribution in [2.75, 3.05) is 0 Å². The normalized spacial score (nSPS) is 12.5. The van der Waals surface area contributed by atoms with E-state index in [1.54, 1.807) is 24.5 Å². The lowest BCUT2D eigenvalue weighted by Crippen LogP contribution is -1.88. The van der Waals surface area contributed by atoms with E-state index in [0.717, 1.165) is 11.4 Å². The van der Waals surface area contributed by atoms with Crippen LogP contribution in [-0.4, -0.2) is 20.9 Å². The number of carbonyl (C=O) groups excluding carboxylic acids is 1. The van der Waals surface area contributed by atoms with Gasteiger partial charge in [0.25, 0.3) is 0 Å². The first-order valence-electron chi connectivity index (χ1n) is 5.81. The summed E-state index contributed by atoms with van der Waals surface area (Å²) in [4.78, 5) is 17.4. The molecule has 2 aromatic rings. The number of aliphatic hydroxyl groups excluding tert-OH is 1. The number of aromatic amines is 2. The van der Waals surface area contributed by atoms with Crippen LogP contribution in [0.4, 0.5) is 0 Å². The zero-order valence-corrected chi connectivity index (χ0v) is 10.2. The van der Waals surface area contributed by atoms with Crippen molar-refractivity contribution in [1.82, 2.24) is 9.97 Å². The first-order valence-corrected chi connectivity index (χ1v) is 5.81. The van der Waals surface area contributed by atoms with E-state index < -0.39 is 0 Å². The molecule has 19 heavy (non-hydrogen) atoms. The molecule has 2 rings (SSSR count). The maximum absolute atomic E-state index is 11.5. The third-order valence-electron chi connectivity index (χ3n) is 2.39. The fourth-order valence-corrected chi connectivity index (χ4v) is 1.48. The minimum atomic E-state index is -0.275. The third-order valence-corrected chi connectivity index (χ3v) is 2.39. The van der Waals surface area contributed by atoms with Crippen molar-refractivity contribution < 1.29 is 9.90 Å². The zero-order valence-electron chi connectivity index (χ0n) is 10.2. The molecule has 96 valence electrons. The van der Waals surface area contributed by atoms with Gasteiger partial charge in [-0.3, -0.25) is 4.79 Å². The molecule has 0 saturated carbocycles. The van der Waals surface area contributed by atoms with Crippen molar-refractivity contribution >= 4 is 17.9 Å². The quantitative estimate of drug-likeness (QED) is 0.436. The highest BCUT2D eigenvalue weighted by Gasteiger charge is 1.94. The van der Waals surface area contributed by atoms with Crippen LogP contribution in [0.1, 0.15) is 11.4 Å². The Balaban J connectivity index is 1.94. The maximum Gasteiger partial charge on any atom is 0.182 e. The largest absolute Gasteiger partial charge is 0.508 e. The number of aromatic nitrogens is 2. The number of ketones is 1. The lowest BCUT2D eigenvalue weighted by molar-refractivity contribution is -0.110. The van der Waals surface area contributed by atoms with Gasteiger partial charge in [-0.1, -0.05) is 0 Å². The van der Waals surface area contributed by atoms with Crippen LogP contribution in [0.25, 0.3) is 12.2 Å². The van der Waals surface area contributed by atoms with Gasteiger partial charge in [0.05, 0.1) is 0 Å². The molecule has 0 aromatic carbocycles. The van der Waals surface area contributed by atoms with Gasteiger partial charge in [0, 0.05) is 29.9 Å². The molecule has 0 spiro atoms. The number of nitrogens with one attached hydrogen (secondary N) is 2. The summed E-state index contributed by atoms with van der Waals surface area (Å²) in [5.41, 5.74) is 1.69. The SMILES string of the molecule is O=C(/C=C(O)/C=C/c1ccc[nH]1)/C=C/c1ccc[nH]1. The molecule has 0 aliphatic heterocycles. The molecule has 0 amide bonds. The zero-order chi connectivity index (χ0) is 13.5. The maximum atomic E-state index is 11.5. The molecule has 3 N–H and O–H groups in total. The highest BCUT2D eigenvalue weighted by molar-refractivity contribution is 6.02. The Morgan fingerprint density at radius 3 is 2.11 bits per heavy atom. The molecule has 0 unspecified atom stereocenters. The van der Waals surface area contributed by atoms with Gasteiger partial charge in [-0.2, -0.15) is 0 Å². The number of hydrogen-bond donors (Lipinski definition) is 3. The first kappa shape index (κ1) is 12.7. The molecule has 0 aliphatic carbocycles. The Morgan fingerprint density at radius 1 is 1.00 bits per heavy atom. The van der Waals surface area contributed by atoms with Gasteiger partial charge in [-0.25, -0.2) is 0 Å². The van der Waals surface area contributed by atoms with Crippen molar-refractivity contribution in [1.29, 1.82) is 0 Å². The number of aliphatic hydroxyl groups is 1. The second-order valence-corrected chi connectivity index (χ2v) is 3.89. The average molecular weight is 254 g/mol. The second kappa shape index (κ2) is 6.26. The topological polar surface area (TPSA) is 68.9 Å². The molecule has 2 aromatic heterocycles. The smallest absolute Gasteiger partial charge is 0.182 e. The predicted molar refractivity (Wildman–Crippen MR) is 75.4 cm³/mol. The average Bonchev–Trinajstić information content (AvgIpc) is 3.07. The monoisotopic (exact) mass is 254 g/mol. The van der Waals surface area contributed by atoms with E-state index in [0.29, 0.717) is 0 Å². The molecule has 0 atom stereocenters. The van der Waals surface area contributed by atoms with Crippen LogP contribution in [0, 0.1) is 0 Å². The molecule has 0 fully saturated rings. The summed E-state index contributed by atoms with van der Waals surface area (Å²) < 4.78 is 0. The molecule has 4 heteroatoms. The molecule has 2 heterocycles. The van der Waals surface area contributed by atoms with Gasteiger partial charge >= 0.3 is 0 Å². The molecule has 0 radical (unpaired) electrons. The number of H-pyrrole nitrogens is 2. The molecule has 0 aliphatic rings. The Bertz CT molecular complexity index is 603. The molecular formula is C15H14N2O2. The van der Waals surface area contributed by atoms with Gasteiger partial charge in [0.1, 0.15) is 5.76 Å². The minimum Gasteiger partial charge on any atom is -0.508 e. The van der Waals surface area contributed by atoms with Gasteiger partial charge in [-0.15, -0.1) is 0 Å². The fourth-order valence-electron chi connectivity index (χ4n) is 1.48. The van der Waals surface area contributed by atoms with Crippen molar-refractivity contribution in [3.05, 3.63) is 72.0 Å². The number of allylic oxidation sites excluding steroid dienone is 3. The van der Waals surface area contributed by atoms with Crippen molar-refractivity contribution in [2.45, 2.75) is 0 Å². The van der Waals surface area contributed by atoms with E-state index in [4.69, 9.17) is 0 Å². The van der Waals surface area contributed by atoms with Crippen LogP contribution in [0.15, 0.2) is 60.6 Å². The van der Waals surface area contributed by atoms with E-state index in [2.05, 4.69) is 9.97 Å². The highest BCUT2D eigenvalue weighted by Crippen LogP contribution is 2.02. The summed E-state index contributed by atoms with van der Waals surface area (Å²) in [5, 5.41) is 9.57. The van der Waals surface area contributed by atoms with Crippen LogP contribution < -0.4 is 0 Å². The second-order valence-electron chi connectivity index (χ2n) is 3.89. The van der Waals surface area contributed by atoms with Crippen LogP contribution in [0.3, 0.4) is 0 Å². The summed E-state index contributed by atoms with van der Waals surface area (Å²) >= 11 is 0. The highest BCUT2D eigenvalue weighted by atomic mass is 16.3. The summed E-state index contributed by atoms with van der Waals surface area (Å²) in [6.07, 6.45) is 10.9. The van der Waals surface area contributed by atoms with Crippen molar-refractivity contribution in [3.8, 4) is 0 Å². The summed E-state index contributed by atoms with van der Waals surface area (Å²) in [5.74, 6) is -0.362. The van der Waals surface area contributed by atoms with Crippen LogP contribution in [0.5, 0.6) is 0 Å². The van der Waals surface area contributed by atoms with E-state index in [1.165, 1.54) is 18.2 Å². The van der Waals surface area contributed by atoms with Crippen molar-refractivity contribution in [3.63, 3.8) is 0 Å². The lowest BCUT2D eigenvalue weighted by atomic mass is 10.2. The van der Waals surface area contributed by atoms with Crippen LogP contribution >= 0.6 is 0 Å². The fraction of sp³-hybridized carbons (Fsp3) is 0. The Hall–Kier alpha value is -2.75.